The maximum Gasteiger partial charge on any atom is 0.573 e. The van der Waals surface area contributed by atoms with E-state index in [9.17, 15) is 23.1 Å². The Balaban J connectivity index is 2.85. The van der Waals surface area contributed by atoms with E-state index in [1.165, 1.54) is 0 Å². The van der Waals surface area contributed by atoms with Crippen molar-refractivity contribution in [2.45, 2.75) is 12.8 Å². The number of carboxylic acid groups (broad SMARTS) is 1. The minimum atomic E-state index is -4.84. The molecule has 0 atom stereocenters. The molecule has 0 bridgehead atoms. The highest BCUT2D eigenvalue weighted by atomic mass is 19.4. The van der Waals surface area contributed by atoms with Gasteiger partial charge in [-0.25, -0.2) is 0 Å². The first-order valence-corrected chi connectivity index (χ1v) is 4.57. The minimum Gasteiger partial charge on any atom is -0.507 e. The molecule has 0 saturated heterocycles. The van der Waals surface area contributed by atoms with E-state index in [0.717, 1.165) is 18.2 Å². The third-order valence-electron chi connectivity index (χ3n) is 1.67. The number of carboxylic acids is 1. The van der Waals surface area contributed by atoms with E-state index in [0.29, 0.717) is 0 Å². The molecular weight excluding hydrogens is 253 g/mol. The number of rotatable bonds is 2. The van der Waals surface area contributed by atoms with Crippen LogP contribution >= 0.6 is 0 Å². The molecule has 1 aromatic rings. The summed E-state index contributed by atoms with van der Waals surface area (Å²) < 4.78 is 39.2. The normalized spacial score (nSPS) is 10.4. The predicted octanol–water partition coefficient (Wildman–Crippen LogP) is 2.12. The lowest BCUT2D eigenvalue weighted by Gasteiger charge is -2.09. The Kier molecular flexibility index (Phi) is 4.05. The Labute approximate surface area is 99.6 Å². The number of hydrogen-bond acceptors (Lipinski definition) is 3. The molecule has 0 unspecified atom stereocenters. The molecule has 0 aromatic heterocycles. The Morgan fingerprint density at radius 2 is 2.06 bits per heavy atom. The van der Waals surface area contributed by atoms with Crippen LogP contribution in [0.25, 0.3) is 0 Å². The van der Waals surface area contributed by atoms with E-state index in [1.54, 1.807) is 0 Å². The molecule has 0 saturated carbocycles. The standard InChI is InChI=1S/C11H7F3O4/c12-11(13,14)18-8-5-4-7(9(15)6-8)2-1-3-10(16)17/h4-6,15H,3H2,(H,16,17). The second-order valence-electron chi connectivity index (χ2n) is 3.10. The maximum absolute atomic E-state index is 11.9. The van der Waals surface area contributed by atoms with E-state index in [2.05, 4.69) is 16.6 Å². The lowest BCUT2D eigenvalue weighted by molar-refractivity contribution is -0.274. The highest BCUT2D eigenvalue weighted by Crippen LogP contribution is 2.27. The van der Waals surface area contributed by atoms with Gasteiger partial charge >= 0.3 is 12.3 Å². The zero-order valence-corrected chi connectivity index (χ0v) is 8.78. The maximum atomic E-state index is 11.9. The van der Waals surface area contributed by atoms with Crippen molar-refractivity contribution in [3.8, 4) is 23.3 Å². The number of hydrogen-bond donors (Lipinski definition) is 2. The number of aliphatic carboxylic acids is 1. The second-order valence-corrected chi connectivity index (χ2v) is 3.10. The number of ether oxygens (including phenoxy) is 1. The number of benzene rings is 1. The summed E-state index contributed by atoms with van der Waals surface area (Å²) >= 11 is 0. The number of phenols is 1. The Hall–Kier alpha value is -2.36. The van der Waals surface area contributed by atoms with Gasteiger partial charge in [-0.1, -0.05) is 11.8 Å². The van der Waals surface area contributed by atoms with E-state index in [4.69, 9.17) is 5.11 Å². The summed E-state index contributed by atoms with van der Waals surface area (Å²) in [7, 11) is 0. The number of alkyl halides is 3. The van der Waals surface area contributed by atoms with Crippen molar-refractivity contribution in [3.05, 3.63) is 23.8 Å². The van der Waals surface area contributed by atoms with Gasteiger partial charge in [-0.05, 0) is 12.1 Å². The molecule has 0 aliphatic carbocycles. The Morgan fingerprint density at radius 3 is 2.56 bits per heavy atom. The number of halogens is 3. The van der Waals surface area contributed by atoms with Crippen LogP contribution < -0.4 is 4.74 Å². The van der Waals surface area contributed by atoms with Gasteiger partial charge in [-0.3, -0.25) is 4.79 Å². The molecular formula is C11H7F3O4. The molecule has 0 radical (unpaired) electrons. The van der Waals surface area contributed by atoms with Crippen LogP contribution in [0, 0.1) is 11.8 Å². The smallest absolute Gasteiger partial charge is 0.507 e. The van der Waals surface area contributed by atoms with Gasteiger partial charge in [0.15, 0.2) is 0 Å². The summed E-state index contributed by atoms with van der Waals surface area (Å²) in [4.78, 5) is 10.2. The van der Waals surface area contributed by atoms with E-state index in [-0.39, 0.29) is 5.56 Å². The topological polar surface area (TPSA) is 66.8 Å². The molecule has 4 nitrogen and oxygen atoms in total. The van der Waals surface area contributed by atoms with Crippen LogP contribution in [0.15, 0.2) is 18.2 Å². The van der Waals surface area contributed by atoms with Gasteiger partial charge in [0, 0.05) is 6.07 Å². The summed E-state index contributed by atoms with van der Waals surface area (Å²) in [5.74, 6) is 2.32. The summed E-state index contributed by atoms with van der Waals surface area (Å²) in [5.41, 5.74) is 0.0192. The number of aromatic hydroxyl groups is 1. The molecule has 2 N–H and O–H groups in total. The van der Waals surface area contributed by atoms with Gasteiger partial charge in [-0.2, -0.15) is 0 Å². The van der Waals surface area contributed by atoms with Gasteiger partial charge < -0.3 is 14.9 Å². The van der Waals surface area contributed by atoms with Gasteiger partial charge in [0.05, 0.1) is 5.56 Å². The van der Waals surface area contributed by atoms with Crippen LogP contribution in [-0.2, 0) is 4.79 Å². The fourth-order valence-corrected chi connectivity index (χ4v) is 1.03. The number of carbonyl (C=O) groups is 1. The molecule has 7 heteroatoms. The lowest BCUT2D eigenvalue weighted by Crippen LogP contribution is -2.17. The van der Waals surface area contributed by atoms with Crippen molar-refractivity contribution >= 4 is 5.97 Å². The first-order valence-electron chi connectivity index (χ1n) is 4.57. The number of phenolic OH excluding ortho intramolecular Hbond substituents is 1. The highest BCUT2D eigenvalue weighted by molar-refractivity contribution is 5.70. The molecule has 0 aliphatic heterocycles. The molecule has 0 heterocycles. The molecule has 96 valence electrons. The van der Waals surface area contributed by atoms with Crippen molar-refractivity contribution in [1.82, 2.24) is 0 Å². The monoisotopic (exact) mass is 260 g/mol. The first-order chi connectivity index (χ1) is 8.28. The molecule has 18 heavy (non-hydrogen) atoms. The van der Waals surface area contributed by atoms with Crippen molar-refractivity contribution in [1.29, 1.82) is 0 Å². The van der Waals surface area contributed by atoms with Crippen molar-refractivity contribution in [2.24, 2.45) is 0 Å². The van der Waals surface area contributed by atoms with Crippen LogP contribution in [0.2, 0.25) is 0 Å². The second kappa shape index (κ2) is 5.31. The molecule has 0 amide bonds. The largest absolute Gasteiger partial charge is 0.573 e. The summed E-state index contributed by atoms with van der Waals surface area (Å²) in [6, 6.07) is 2.82. The highest BCUT2D eigenvalue weighted by Gasteiger charge is 2.31. The lowest BCUT2D eigenvalue weighted by atomic mass is 10.2. The SMILES string of the molecule is O=C(O)CC#Cc1ccc(OC(F)(F)F)cc1O. The average molecular weight is 260 g/mol. The average Bonchev–Trinajstić information content (AvgIpc) is 2.18. The van der Waals surface area contributed by atoms with Crippen molar-refractivity contribution in [3.63, 3.8) is 0 Å². The Bertz CT molecular complexity index is 511. The minimum absolute atomic E-state index is 0.0192. The van der Waals surface area contributed by atoms with Crippen molar-refractivity contribution < 1.29 is 32.9 Å². The quantitative estimate of drug-likeness (QED) is 0.799. The molecule has 1 aromatic carbocycles. The van der Waals surface area contributed by atoms with Gasteiger partial charge in [0.2, 0.25) is 0 Å². The van der Waals surface area contributed by atoms with Crippen LogP contribution in [0.5, 0.6) is 11.5 Å². The zero-order valence-electron chi connectivity index (χ0n) is 8.78. The summed E-state index contributed by atoms with van der Waals surface area (Å²) in [6.45, 7) is 0. The van der Waals surface area contributed by atoms with E-state index >= 15 is 0 Å². The Morgan fingerprint density at radius 1 is 1.39 bits per heavy atom. The van der Waals surface area contributed by atoms with Crippen LogP contribution in [0.4, 0.5) is 13.2 Å². The van der Waals surface area contributed by atoms with Crippen LogP contribution in [-0.4, -0.2) is 22.5 Å². The van der Waals surface area contributed by atoms with Gasteiger partial charge in [-0.15, -0.1) is 13.2 Å². The fourth-order valence-electron chi connectivity index (χ4n) is 1.03. The third kappa shape index (κ3) is 4.65. The van der Waals surface area contributed by atoms with Crippen molar-refractivity contribution in [2.75, 3.05) is 0 Å². The zero-order chi connectivity index (χ0) is 13.8. The summed E-state index contributed by atoms with van der Waals surface area (Å²) in [5, 5.41) is 17.7. The molecule has 0 aliphatic rings. The first kappa shape index (κ1) is 13.7. The van der Waals surface area contributed by atoms with E-state index in [1.807, 2.05) is 0 Å². The fraction of sp³-hybridized carbons (Fsp3) is 0.182. The van der Waals surface area contributed by atoms with Crippen LogP contribution in [0.3, 0.4) is 0 Å². The van der Waals surface area contributed by atoms with Gasteiger partial charge in [0.1, 0.15) is 17.9 Å². The van der Waals surface area contributed by atoms with E-state index < -0.39 is 30.3 Å². The molecule has 0 fully saturated rings. The third-order valence-corrected chi connectivity index (χ3v) is 1.67. The molecule has 0 spiro atoms. The predicted molar refractivity (Wildman–Crippen MR) is 53.9 cm³/mol. The molecule has 1 rings (SSSR count). The summed E-state index contributed by atoms with van der Waals surface area (Å²) in [6.07, 6.45) is -5.27. The van der Waals surface area contributed by atoms with Crippen LogP contribution in [0.1, 0.15) is 12.0 Å². The van der Waals surface area contributed by atoms with Gasteiger partial charge in [0.25, 0.3) is 0 Å².